The molecule has 1 aromatic carbocycles. The van der Waals surface area contributed by atoms with Crippen molar-refractivity contribution in [2.45, 2.75) is 57.4 Å². The Balaban J connectivity index is 1.57. The van der Waals surface area contributed by atoms with Gasteiger partial charge < -0.3 is 5.32 Å². The van der Waals surface area contributed by atoms with Crippen LogP contribution in [0.3, 0.4) is 0 Å². The zero-order chi connectivity index (χ0) is 12.4. The van der Waals surface area contributed by atoms with Crippen LogP contribution in [0, 0.1) is 8.99 Å². The summed E-state index contributed by atoms with van der Waals surface area (Å²) >= 11 is 2.39. The van der Waals surface area contributed by atoms with Crippen molar-refractivity contribution in [2.75, 3.05) is 5.32 Å². The fourth-order valence-corrected chi connectivity index (χ4v) is 4.36. The molecule has 1 nitrogen and oxygen atoms in total. The molecule has 1 spiro atoms. The van der Waals surface area contributed by atoms with E-state index in [0.717, 1.165) is 5.41 Å². The molecule has 1 N–H and O–H groups in total. The van der Waals surface area contributed by atoms with E-state index in [4.69, 9.17) is 0 Å². The molecular weight excluding hydrogens is 333 g/mol. The van der Waals surface area contributed by atoms with Crippen molar-refractivity contribution < 1.29 is 0 Å². The monoisotopic (exact) mass is 355 g/mol. The van der Waals surface area contributed by atoms with Crippen molar-refractivity contribution in [1.29, 1.82) is 0 Å². The van der Waals surface area contributed by atoms with E-state index in [0.29, 0.717) is 6.04 Å². The summed E-state index contributed by atoms with van der Waals surface area (Å²) < 4.78 is 1.32. The second-order valence-electron chi connectivity index (χ2n) is 6.14. The molecule has 0 radical (unpaired) electrons. The largest absolute Gasteiger partial charge is 0.382 e. The smallest absolute Gasteiger partial charge is 0.0352 e. The summed E-state index contributed by atoms with van der Waals surface area (Å²) in [5.74, 6) is 0. The van der Waals surface area contributed by atoms with Crippen LogP contribution in [0.15, 0.2) is 24.3 Å². The van der Waals surface area contributed by atoms with Gasteiger partial charge >= 0.3 is 0 Å². The van der Waals surface area contributed by atoms with Gasteiger partial charge in [-0.15, -0.1) is 0 Å². The lowest BCUT2D eigenvalue weighted by Crippen LogP contribution is -2.31. The zero-order valence-electron chi connectivity index (χ0n) is 10.9. The van der Waals surface area contributed by atoms with E-state index in [2.05, 4.69) is 52.2 Å². The molecule has 1 aromatic rings. The van der Waals surface area contributed by atoms with Gasteiger partial charge in [-0.2, -0.15) is 0 Å². The number of benzene rings is 1. The first-order chi connectivity index (χ1) is 8.76. The van der Waals surface area contributed by atoms with Gasteiger partial charge in [0.15, 0.2) is 0 Å². The number of hydrogen-bond donors (Lipinski definition) is 1. The molecule has 0 aromatic heterocycles. The van der Waals surface area contributed by atoms with Gasteiger partial charge in [0, 0.05) is 15.3 Å². The fourth-order valence-electron chi connectivity index (χ4n) is 3.81. The molecule has 2 heteroatoms. The Morgan fingerprint density at radius 3 is 2.44 bits per heavy atom. The average molecular weight is 355 g/mol. The van der Waals surface area contributed by atoms with Crippen molar-refractivity contribution >= 4 is 28.3 Å². The van der Waals surface area contributed by atoms with Crippen LogP contribution in [-0.4, -0.2) is 6.04 Å². The Morgan fingerprint density at radius 1 is 1.06 bits per heavy atom. The third-order valence-corrected chi connectivity index (χ3v) is 5.58. The average Bonchev–Trinajstić information content (AvgIpc) is 2.81. The lowest BCUT2D eigenvalue weighted by molar-refractivity contribution is 0.188. The van der Waals surface area contributed by atoms with Gasteiger partial charge in [0.1, 0.15) is 0 Å². The highest BCUT2D eigenvalue weighted by Gasteiger charge is 2.37. The van der Waals surface area contributed by atoms with Crippen LogP contribution < -0.4 is 5.32 Å². The standard InChI is InChI=1S/C16H22IN/c17-13-4-3-5-15(12-13)18-14-6-10-16(11-7-14)8-1-2-9-16/h3-5,12,14,18H,1-2,6-11H2. The van der Waals surface area contributed by atoms with Crippen LogP contribution in [0.5, 0.6) is 0 Å². The summed E-state index contributed by atoms with van der Waals surface area (Å²) in [6, 6.07) is 9.45. The van der Waals surface area contributed by atoms with Crippen LogP contribution in [0.2, 0.25) is 0 Å². The second kappa shape index (κ2) is 5.40. The van der Waals surface area contributed by atoms with Crippen molar-refractivity contribution in [1.82, 2.24) is 0 Å². The first-order valence-electron chi connectivity index (χ1n) is 7.28. The molecule has 98 valence electrons. The zero-order valence-corrected chi connectivity index (χ0v) is 13.1. The maximum absolute atomic E-state index is 3.72. The Hall–Kier alpha value is -0.250. The van der Waals surface area contributed by atoms with E-state index in [-0.39, 0.29) is 0 Å². The van der Waals surface area contributed by atoms with Crippen molar-refractivity contribution in [3.05, 3.63) is 27.8 Å². The molecule has 2 fully saturated rings. The molecule has 0 aliphatic heterocycles. The number of hydrogen-bond acceptors (Lipinski definition) is 1. The van der Waals surface area contributed by atoms with E-state index < -0.39 is 0 Å². The summed E-state index contributed by atoms with van der Waals surface area (Å²) in [5.41, 5.74) is 2.05. The third kappa shape index (κ3) is 2.84. The summed E-state index contributed by atoms with van der Waals surface area (Å²) in [6.07, 6.45) is 11.6. The number of rotatable bonds is 2. The maximum atomic E-state index is 3.72. The van der Waals surface area contributed by atoms with E-state index >= 15 is 0 Å². The molecule has 3 rings (SSSR count). The van der Waals surface area contributed by atoms with Gasteiger partial charge in [0.2, 0.25) is 0 Å². The van der Waals surface area contributed by atoms with Gasteiger partial charge in [-0.1, -0.05) is 18.9 Å². The van der Waals surface area contributed by atoms with Gasteiger partial charge in [0.05, 0.1) is 0 Å². The Kier molecular flexibility index (Phi) is 3.83. The minimum absolute atomic E-state index is 0.703. The lowest BCUT2D eigenvalue weighted by atomic mass is 9.71. The molecule has 0 bridgehead atoms. The molecule has 0 amide bonds. The minimum Gasteiger partial charge on any atom is -0.382 e. The van der Waals surface area contributed by atoms with Crippen LogP contribution >= 0.6 is 22.6 Å². The van der Waals surface area contributed by atoms with Crippen molar-refractivity contribution in [3.63, 3.8) is 0 Å². The van der Waals surface area contributed by atoms with E-state index in [1.807, 2.05) is 0 Å². The Labute approximate surface area is 124 Å². The predicted molar refractivity (Wildman–Crippen MR) is 85.9 cm³/mol. The predicted octanol–water partition coefficient (Wildman–Crippen LogP) is 5.21. The van der Waals surface area contributed by atoms with Crippen molar-refractivity contribution in [3.8, 4) is 0 Å². The van der Waals surface area contributed by atoms with Crippen LogP contribution in [0.1, 0.15) is 51.4 Å². The molecular formula is C16H22IN. The molecule has 0 heterocycles. The summed E-state index contributed by atoms with van der Waals surface area (Å²) in [4.78, 5) is 0. The summed E-state index contributed by atoms with van der Waals surface area (Å²) in [7, 11) is 0. The first-order valence-corrected chi connectivity index (χ1v) is 8.36. The van der Waals surface area contributed by atoms with Crippen LogP contribution in [0.25, 0.3) is 0 Å². The fraction of sp³-hybridized carbons (Fsp3) is 0.625. The second-order valence-corrected chi connectivity index (χ2v) is 7.38. The van der Waals surface area contributed by atoms with E-state index in [1.165, 1.54) is 60.6 Å². The van der Waals surface area contributed by atoms with Gasteiger partial charge in [-0.25, -0.2) is 0 Å². The number of nitrogens with one attached hydrogen (secondary N) is 1. The van der Waals surface area contributed by atoms with E-state index in [1.54, 1.807) is 0 Å². The van der Waals surface area contributed by atoms with Gasteiger partial charge in [-0.3, -0.25) is 0 Å². The van der Waals surface area contributed by atoms with E-state index in [9.17, 15) is 0 Å². The first kappa shape index (κ1) is 12.8. The van der Waals surface area contributed by atoms with Crippen LogP contribution in [-0.2, 0) is 0 Å². The number of anilines is 1. The molecule has 2 aliphatic rings. The highest BCUT2D eigenvalue weighted by molar-refractivity contribution is 14.1. The molecule has 0 atom stereocenters. The molecule has 0 saturated heterocycles. The summed E-state index contributed by atoms with van der Waals surface area (Å²) in [6.45, 7) is 0. The highest BCUT2D eigenvalue weighted by Crippen LogP contribution is 2.49. The van der Waals surface area contributed by atoms with Gasteiger partial charge in [0.25, 0.3) is 0 Å². The Morgan fingerprint density at radius 2 is 1.78 bits per heavy atom. The molecule has 2 aliphatic carbocycles. The third-order valence-electron chi connectivity index (χ3n) is 4.91. The number of halogens is 1. The minimum atomic E-state index is 0.703. The normalized spacial score (nSPS) is 23.4. The molecule has 0 unspecified atom stereocenters. The highest BCUT2D eigenvalue weighted by atomic mass is 127. The Bertz CT molecular complexity index is 399. The maximum Gasteiger partial charge on any atom is 0.0352 e. The van der Waals surface area contributed by atoms with Crippen LogP contribution in [0.4, 0.5) is 5.69 Å². The quantitative estimate of drug-likeness (QED) is 0.719. The summed E-state index contributed by atoms with van der Waals surface area (Å²) in [5, 5.41) is 3.72. The molecule has 18 heavy (non-hydrogen) atoms. The topological polar surface area (TPSA) is 12.0 Å². The van der Waals surface area contributed by atoms with Crippen molar-refractivity contribution in [2.24, 2.45) is 5.41 Å². The SMILES string of the molecule is Ic1cccc(NC2CCC3(CCCC3)CC2)c1. The van der Waals surface area contributed by atoms with Gasteiger partial charge in [-0.05, 0) is 84.7 Å². The lowest BCUT2D eigenvalue weighted by Gasteiger charge is -2.37. The molecule has 2 saturated carbocycles.